The molecule has 0 aromatic carbocycles. The molecule has 25 heavy (non-hydrogen) atoms. The molecule has 6 aliphatic rings. The van der Waals surface area contributed by atoms with E-state index in [1.807, 2.05) is 0 Å². The lowest BCUT2D eigenvalue weighted by Gasteiger charge is -2.58. The molecule has 1 N–H and O–H groups in total. The fraction of sp³-hybridized carbons (Fsp3) is 0.870. The smallest absolute Gasteiger partial charge is 0.0724 e. The van der Waals surface area contributed by atoms with Gasteiger partial charge in [0, 0.05) is 0 Å². The van der Waals surface area contributed by atoms with Crippen molar-refractivity contribution in [1.29, 1.82) is 5.26 Å². The van der Waals surface area contributed by atoms with Gasteiger partial charge in [0.2, 0.25) is 0 Å². The van der Waals surface area contributed by atoms with Gasteiger partial charge in [0.05, 0.1) is 17.6 Å². The summed E-state index contributed by atoms with van der Waals surface area (Å²) < 4.78 is 0. The first-order valence-electron chi connectivity index (χ1n) is 10.8. The zero-order valence-corrected chi connectivity index (χ0v) is 15.7. The van der Waals surface area contributed by atoms with Gasteiger partial charge in [0.15, 0.2) is 0 Å². The molecule has 2 nitrogen and oxygen atoms in total. The van der Waals surface area contributed by atoms with Crippen molar-refractivity contribution in [1.82, 2.24) is 0 Å². The maximum Gasteiger partial charge on any atom is 0.0724 e. The van der Waals surface area contributed by atoms with E-state index in [2.05, 4.69) is 26.0 Å². The fourth-order valence-corrected chi connectivity index (χ4v) is 8.82. The predicted octanol–water partition coefficient (Wildman–Crippen LogP) is 4.70. The van der Waals surface area contributed by atoms with Gasteiger partial charge in [-0.25, -0.2) is 0 Å². The van der Waals surface area contributed by atoms with Crippen molar-refractivity contribution < 1.29 is 5.11 Å². The fourth-order valence-electron chi connectivity index (χ4n) is 8.82. The van der Waals surface area contributed by atoms with Crippen LogP contribution in [0.5, 0.6) is 0 Å². The van der Waals surface area contributed by atoms with Crippen molar-refractivity contribution in [2.45, 2.75) is 71.3 Å². The molecule has 0 saturated heterocycles. The molecule has 0 bridgehead atoms. The molecular weight excluding hydrogens is 306 g/mol. The number of aliphatic hydroxyl groups is 1. The van der Waals surface area contributed by atoms with Crippen molar-refractivity contribution in [2.75, 3.05) is 0 Å². The Morgan fingerprint density at radius 3 is 2.60 bits per heavy atom. The van der Waals surface area contributed by atoms with E-state index in [0.29, 0.717) is 11.3 Å². The number of aliphatic hydroxyl groups excluding tert-OH is 1. The number of nitriles is 1. The average Bonchev–Trinajstić information content (AvgIpc) is 3.50. The molecule has 9 unspecified atom stereocenters. The topological polar surface area (TPSA) is 44.0 Å². The van der Waals surface area contributed by atoms with Crippen LogP contribution in [0.15, 0.2) is 11.6 Å². The molecule has 5 saturated carbocycles. The van der Waals surface area contributed by atoms with Crippen LogP contribution >= 0.6 is 0 Å². The molecule has 2 heteroatoms. The van der Waals surface area contributed by atoms with E-state index in [0.717, 1.165) is 36.0 Å². The average molecular weight is 338 g/mol. The summed E-state index contributed by atoms with van der Waals surface area (Å²) in [7, 11) is 0. The Balaban J connectivity index is 1.43. The predicted molar refractivity (Wildman–Crippen MR) is 96.2 cm³/mol. The number of rotatable bonds is 0. The third-order valence-electron chi connectivity index (χ3n) is 10.4. The molecule has 0 amide bonds. The summed E-state index contributed by atoms with van der Waals surface area (Å²) in [5.74, 6) is 4.77. The number of hydrogen-bond donors (Lipinski definition) is 1. The second-order valence-electron chi connectivity index (χ2n) is 11.0. The Kier molecular flexibility index (Phi) is 2.66. The number of fused-ring (bicyclic) bond motifs is 8. The van der Waals surface area contributed by atoms with Crippen molar-refractivity contribution in [3.8, 4) is 6.07 Å². The standard InChI is InChI=1S/C23H31NO/c1-21-6-5-14-15-4-3-13(25)9-19(15)23(7-8-23)11-17(14)20(21)16-10-18(16)22(21,2)12-24/h9,13-18,20,25H,3-8,10-11H2,1-2H3. The van der Waals surface area contributed by atoms with Gasteiger partial charge in [0.25, 0.3) is 0 Å². The monoisotopic (exact) mass is 337 g/mol. The largest absolute Gasteiger partial charge is 0.389 e. The van der Waals surface area contributed by atoms with E-state index in [4.69, 9.17) is 0 Å². The van der Waals surface area contributed by atoms with E-state index in [1.54, 1.807) is 5.57 Å². The van der Waals surface area contributed by atoms with Gasteiger partial charge in [-0.05, 0) is 105 Å². The lowest BCUT2D eigenvalue weighted by Crippen LogP contribution is -2.52. The van der Waals surface area contributed by atoms with E-state index in [-0.39, 0.29) is 16.9 Å². The van der Waals surface area contributed by atoms with Crippen LogP contribution in [0.4, 0.5) is 0 Å². The maximum absolute atomic E-state index is 10.2. The summed E-state index contributed by atoms with van der Waals surface area (Å²) in [6.07, 6.45) is 12.3. The number of nitrogens with zero attached hydrogens (tertiary/aromatic N) is 1. The zero-order chi connectivity index (χ0) is 17.2. The lowest BCUT2D eigenvalue weighted by molar-refractivity contribution is -0.0688. The molecule has 134 valence electrons. The van der Waals surface area contributed by atoms with Gasteiger partial charge in [-0.15, -0.1) is 0 Å². The Labute approximate surface area is 151 Å². The quantitative estimate of drug-likeness (QED) is 0.651. The maximum atomic E-state index is 10.2. The molecule has 0 heterocycles. The number of hydrogen-bond acceptors (Lipinski definition) is 2. The highest BCUT2D eigenvalue weighted by atomic mass is 16.3. The van der Waals surface area contributed by atoms with Crippen molar-refractivity contribution in [3.63, 3.8) is 0 Å². The van der Waals surface area contributed by atoms with Gasteiger partial charge in [-0.2, -0.15) is 5.26 Å². The summed E-state index contributed by atoms with van der Waals surface area (Å²) >= 11 is 0. The van der Waals surface area contributed by atoms with Crippen LogP contribution in [0.25, 0.3) is 0 Å². The minimum atomic E-state index is -0.185. The van der Waals surface area contributed by atoms with E-state index in [1.165, 1.54) is 44.9 Å². The Bertz CT molecular complexity index is 714. The highest BCUT2D eigenvalue weighted by molar-refractivity contribution is 5.35. The first-order valence-corrected chi connectivity index (χ1v) is 10.8. The van der Waals surface area contributed by atoms with E-state index in [9.17, 15) is 10.4 Å². The first-order chi connectivity index (χ1) is 11.9. The van der Waals surface area contributed by atoms with Crippen molar-refractivity contribution >= 4 is 0 Å². The van der Waals surface area contributed by atoms with Crippen LogP contribution in [-0.4, -0.2) is 11.2 Å². The summed E-state index contributed by atoms with van der Waals surface area (Å²) in [6, 6.07) is 2.82. The van der Waals surface area contributed by atoms with Gasteiger partial charge < -0.3 is 5.11 Å². The van der Waals surface area contributed by atoms with E-state index < -0.39 is 0 Å². The van der Waals surface area contributed by atoms with Gasteiger partial charge in [0.1, 0.15) is 0 Å². The Morgan fingerprint density at radius 2 is 1.88 bits per heavy atom. The summed E-state index contributed by atoms with van der Waals surface area (Å²) in [5, 5.41) is 20.3. The third-order valence-corrected chi connectivity index (χ3v) is 10.4. The molecule has 1 spiro atoms. The van der Waals surface area contributed by atoms with Crippen LogP contribution in [0.1, 0.15) is 65.2 Å². The first kappa shape index (κ1) is 15.3. The second-order valence-corrected chi connectivity index (χ2v) is 11.0. The molecule has 5 fully saturated rings. The molecule has 6 aliphatic carbocycles. The van der Waals surface area contributed by atoms with E-state index >= 15 is 0 Å². The van der Waals surface area contributed by atoms with Gasteiger partial charge >= 0.3 is 0 Å². The minimum absolute atomic E-state index is 0.0805. The highest BCUT2D eigenvalue weighted by Gasteiger charge is 2.75. The molecule has 0 radical (unpaired) electrons. The van der Waals surface area contributed by atoms with Crippen LogP contribution in [0.2, 0.25) is 0 Å². The van der Waals surface area contributed by atoms with Gasteiger partial charge in [-0.1, -0.05) is 18.6 Å². The van der Waals surface area contributed by atoms with Crippen LogP contribution in [-0.2, 0) is 0 Å². The zero-order valence-electron chi connectivity index (χ0n) is 15.7. The summed E-state index contributed by atoms with van der Waals surface area (Å²) in [4.78, 5) is 0. The Hall–Kier alpha value is -0.810. The summed E-state index contributed by atoms with van der Waals surface area (Å²) in [5.41, 5.74) is 2.30. The van der Waals surface area contributed by atoms with Crippen molar-refractivity contribution in [3.05, 3.63) is 11.6 Å². The molecule has 9 atom stereocenters. The minimum Gasteiger partial charge on any atom is -0.389 e. The molecule has 0 aromatic rings. The van der Waals surface area contributed by atoms with Crippen LogP contribution in [0.3, 0.4) is 0 Å². The summed E-state index contributed by atoms with van der Waals surface area (Å²) in [6.45, 7) is 4.79. The molecule has 6 rings (SSSR count). The van der Waals surface area contributed by atoms with Crippen LogP contribution < -0.4 is 0 Å². The van der Waals surface area contributed by atoms with Crippen LogP contribution in [0, 0.1) is 63.1 Å². The second kappa shape index (κ2) is 4.36. The molecular formula is C23H31NO. The third kappa shape index (κ3) is 1.62. The SMILES string of the molecule is CC1(C#N)C2CC2C2C3CC4(CC4)C4=CC(O)CCC4C3CCC21C. The van der Waals surface area contributed by atoms with Crippen molar-refractivity contribution in [2.24, 2.45) is 51.8 Å². The molecule has 0 aliphatic heterocycles. The Morgan fingerprint density at radius 1 is 1.08 bits per heavy atom. The molecule has 0 aromatic heterocycles. The highest BCUT2D eigenvalue weighted by Crippen LogP contribution is 2.80. The van der Waals surface area contributed by atoms with Gasteiger partial charge in [-0.3, -0.25) is 0 Å². The number of allylic oxidation sites excluding steroid dienone is 1. The lowest BCUT2D eigenvalue weighted by atomic mass is 9.46. The normalized spacial score (nSPS) is 59.8.